The molecule has 0 saturated carbocycles. The molecule has 0 aliphatic heterocycles. The predicted octanol–water partition coefficient (Wildman–Crippen LogP) is 2.82. The summed E-state index contributed by atoms with van der Waals surface area (Å²) in [5.41, 5.74) is 5.77. The van der Waals surface area contributed by atoms with Crippen LogP contribution in [0.5, 0.6) is 17.2 Å². The van der Waals surface area contributed by atoms with Gasteiger partial charge in [-0.2, -0.15) is 0 Å². The fraction of sp³-hybridized carbons (Fsp3) is 0. The minimum Gasteiger partial charge on any atom is -0.506 e. The number of pyridine rings is 1. The van der Waals surface area contributed by atoms with E-state index in [4.69, 9.17) is 22.1 Å². The second kappa shape index (κ2) is 4.28. The molecular weight excluding hydrogens is 228 g/mol. The van der Waals surface area contributed by atoms with Crippen LogP contribution in [0.15, 0.2) is 36.5 Å². The Kier molecular flexibility index (Phi) is 2.83. The molecule has 0 aliphatic rings. The highest BCUT2D eigenvalue weighted by molar-refractivity contribution is 6.29. The topological polar surface area (TPSA) is 68.4 Å². The number of nitrogen functional groups attached to an aromatic ring is 1. The summed E-state index contributed by atoms with van der Waals surface area (Å²) in [6.07, 6.45) is 1.50. The maximum atomic E-state index is 9.38. The van der Waals surface area contributed by atoms with Crippen LogP contribution >= 0.6 is 11.6 Å². The van der Waals surface area contributed by atoms with Crippen molar-refractivity contribution in [3.8, 4) is 17.2 Å². The van der Waals surface area contributed by atoms with Crippen LogP contribution in [0.25, 0.3) is 0 Å². The molecule has 16 heavy (non-hydrogen) atoms. The minimum absolute atomic E-state index is 0.0144. The van der Waals surface area contributed by atoms with Crippen LogP contribution in [0.3, 0.4) is 0 Å². The standard InChI is InChI=1S/C11H9ClN2O2/c12-11-4-2-8(6-14-11)16-7-1-3-9(13)10(15)5-7/h1-6,15H,13H2. The molecule has 5 heteroatoms. The lowest BCUT2D eigenvalue weighted by Crippen LogP contribution is -1.88. The Morgan fingerprint density at radius 1 is 1.19 bits per heavy atom. The maximum Gasteiger partial charge on any atom is 0.145 e. The van der Waals surface area contributed by atoms with Gasteiger partial charge in [-0.05, 0) is 24.3 Å². The summed E-state index contributed by atoms with van der Waals surface area (Å²) in [4.78, 5) is 3.87. The highest BCUT2D eigenvalue weighted by Gasteiger charge is 2.01. The Bertz CT molecular complexity index is 500. The molecule has 3 N–H and O–H groups in total. The number of anilines is 1. The van der Waals surface area contributed by atoms with Gasteiger partial charge < -0.3 is 15.6 Å². The quantitative estimate of drug-likeness (QED) is 0.478. The second-order valence-electron chi connectivity index (χ2n) is 3.14. The van der Waals surface area contributed by atoms with E-state index in [1.165, 1.54) is 12.3 Å². The van der Waals surface area contributed by atoms with Crippen molar-refractivity contribution >= 4 is 17.3 Å². The first-order chi connectivity index (χ1) is 7.65. The van der Waals surface area contributed by atoms with Crippen molar-refractivity contribution in [2.24, 2.45) is 0 Å². The van der Waals surface area contributed by atoms with Gasteiger partial charge in [0.15, 0.2) is 0 Å². The monoisotopic (exact) mass is 236 g/mol. The van der Waals surface area contributed by atoms with E-state index in [-0.39, 0.29) is 5.75 Å². The predicted molar refractivity (Wildman–Crippen MR) is 61.8 cm³/mol. The fourth-order valence-electron chi connectivity index (χ4n) is 1.15. The summed E-state index contributed by atoms with van der Waals surface area (Å²) >= 11 is 5.64. The van der Waals surface area contributed by atoms with E-state index in [1.807, 2.05) is 0 Å². The largest absolute Gasteiger partial charge is 0.506 e. The Balaban J connectivity index is 2.20. The smallest absolute Gasteiger partial charge is 0.145 e. The summed E-state index contributed by atoms with van der Waals surface area (Å²) in [7, 11) is 0. The lowest BCUT2D eigenvalue weighted by atomic mass is 10.3. The van der Waals surface area contributed by atoms with Gasteiger partial charge in [-0.15, -0.1) is 0 Å². The van der Waals surface area contributed by atoms with Gasteiger partial charge in [0.25, 0.3) is 0 Å². The van der Waals surface area contributed by atoms with Crippen LogP contribution in [-0.2, 0) is 0 Å². The van der Waals surface area contributed by atoms with E-state index < -0.39 is 0 Å². The molecule has 0 spiro atoms. The Labute approximate surface area is 97.3 Å². The minimum atomic E-state index is -0.0144. The van der Waals surface area contributed by atoms with E-state index in [1.54, 1.807) is 24.3 Å². The number of nitrogens with zero attached hydrogens (tertiary/aromatic N) is 1. The molecule has 0 radical (unpaired) electrons. The second-order valence-corrected chi connectivity index (χ2v) is 3.53. The molecule has 2 rings (SSSR count). The van der Waals surface area contributed by atoms with E-state index >= 15 is 0 Å². The highest BCUT2D eigenvalue weighted by atomic mass is 35.5. The van der Waals surface area contributed by atoms with Gasteiger partial charge in [0.05, 0.1) is 11.9 Å². The number of aromatic nitrogens is 1. The van der Waals surface area contributed by atoms with E-state index in [0.29, 0.717) is 22.3 Å². The summed E-state index contributed by atoms with van der Waals surface area (Å²) < 4.78 is 5.43. The number of nitrogens with two attached hydrogens (primary N) is 1. The SMILES string of the molecule is Nc1ccc(Oc2ccc(Cl)nc2)cc1O. The summed E-state index contributed by atoms with van der Waals surface area (Å²) in [6.45, 7) is 0. The first-order valence-electron chi connectivity index (χ1n) is 4.53. The van der Waals surface area contributed by atoms with Gasteiger partial charge >= 0.3 is 0 Å². The van der Waals surface area contributed by atoms with Gasteiger partial charge in [0, 0.05) is 6.07 Å². The van der Waals surface area contributed by atoms with Gasteiger partial charge in [-0.25, -0.2) is 4.98 Å². The molecule has 0 fully saturated rings. The highest BCUT2D eigenvalue weighted by Crippen LogP contribution is 2.28. The zero-order valence-electron chi connectivity index (χ0n) is 8.22. The molecule has 1 aromatic carbocycles. The number of rotatable bonds is 2. The Morgan fingerprint density at radius 2 is 1.94 bits per heavy atom. The third kappa shape index (κ3) is 2.35. The Morgan fingerprint density at radius 3 is 2.56 bits per heavy atom. The van der Waals surface area contributed by atoms with Crippen LogP contribution in [0.4, 0.5) is 5.69 Å². The molecule has 0 unspecified atom stereocenters. The van der Waals surface area contributed by atoms with Crippen LogP contribution in [-0.4, -0.2) is 10.1 Å². The average molecular weight is 237 g/mol. The number of hydrogen-bond donors (Lipinski definition) is 2. The number of phenols is 1. The number of benzene rings is 1. The number of halogens is 1. The summed E-state index contributed by atoms with van der Waals surface area (Å²) in [6, 6.07) is 7.96. The zero-order valence-corrected chi connectivity index (χ0v) is 8.98. The fourth-order valence-corrected chi connectivity index (χ4v) is 1.26. The average Bonchev–Trinajstić information content (AvgIpc) is 2.27. The first-order valence-corrected chi connectivity index (χ1v) is 4.91. The molecule has 0 bridgehead atoms. The third-order valence-electron chi connectivity index (χ3n) is 1.94. The molecule has 0 atom stereocenters. The number of aromatic hydroxyl groups is 1. The van der Waals surface area contributed by atoms with E-state index in [2.05, 4.69) is 4.98 Å². The summed E-state index contributed by atoms with van der Waals surface area (Å²) in [5.74, 6) is 1.00. The molecular formula is C11H9ClN2O2. The zero-order chi connectivity index (χ0) is 11.5. The van der Waals surface area contributed by atoms with Crippen LogP contribution in [0, 0.1) is 0 Å². The lowest BCUT2D eigenvalue weighted by Gasteiger charge is -2.06. The molecule has 4 nitrogen and oxygen atoms in total. The van der Waals surface area contributed by atoms with Crippen molar-refractivity contribution in [2.45, 2.75) is 0 Å². The van der Waals surface area contributed by atoms with E-state index in [0.717, 1.165) is 0 Å². The molecule has 0 aliphatic carbocycles. The van der Waals surface area contributed by atoms with Crippen LogP contribution < -0.4 is 10.5 Å². The molecule has 82 valence electrons. The number of hydrogen-bond acceptors (Lipinski definition) is 4. The normalized spacial score (nSPS) is 10.1. The third-order valence-corrected chi connectivity index (χ3v) is 2.16. The van der Waals surface area contributed by atoms with Crippen molar-refractivity contribution in [1.82, 2.24) is 4.98 Å². The van der Waals surface area contributed by atoms with Crippen molar-refractivity contribution in [3.05, 3.63) is 41.7 Å². The van der Waals surface area contributed by atoms with Gasteiger partial charge in [0.2, 0.25) is 0 Å². The Hall–Kier alpha value is -1.94. The molecule has 0 saturated heterocycles. The molecule has 1 aromatic heterocycles. The molecule has 2 aromatic rings. The number of phenolic OH excluding ortho intramolecular Hbond substituents is 1. The van der Waals surface area contributed by atoms with Crippen molar-refractivity contribution in [3.63, 3.8) is 0 Å². The lowest BCUT2D eigenvalue weighted by molar-refractivity contribution is 0.456. The van der Waals surface area contributed by atoms with Gasteiger partial charge in [-0.1, -0.05) is 11.6 Å². The molecule has 0 amide bonds. The van der Waals surface area contributed by atoms with E-state index in [9.17, 15) is 5.11 Å². The van der Waals surface area contributed by atoms with Crippen LogP contribution in [0.1, 0.15) is 0 Å². The number of ether oxygens (including phenoxy) is 1. The molecule has 1 heterocycles. The first kappa shape index (κ1) is 10.6. The van der Waals surface area contributed by atoms with Crippen molar-refractivity contribution < 1.29 is 9.84 Å². The van der Waals surface area contributed by atoms with Crippen LogP contribution in [0.2, 0.25) is 5.15 Å². The summed E-state index contributed by atoms with van der Waals surface area (Å²) in [5, 5.41) is 9.78. The van der Waals surface area contributed by atoms with Crippen molar-refractivity contribution in [1.29, 1.82) is 0 Å². The van der Waals surface area contributed by atoms with Crippen molar-refractivity contribution in [2.75, 3.05) is 5.73 Å². The maximum absolute atomic E-state index is 9.38. The van der Waals surface area contributed by atoms with Gasteiger partial charge in [0.1, 0.15) is 22.4 Å². The van der Waals surface area contributed by atoms with Gasteiger partial charge in [-0.3, -0.25) is 0 Å².